The number of nitro benzene ring substituents is 1. The van der Waals surface area contributed by atoms with E-state index in [1.54, 1.807) is 24.3 Å². The molecule has 3 rings (SSSR count). The number of Topliss-reactive ketones (excluding diaryl/α,β-unsaturated/α-hetero) is 1. The normalized spacial score (nSPS) is 13.8. The van der Waals surface area contributed by atoms with E-state index in [-0.39, 0.29) is 16.8 Å². The van der Waals surface area contributed by atoms with Crippen LogP contribution >= 0.6 is 0 Å². The number of nitro groups is 1. The first-order valence-electron chi connectivity index (χ1n) is 8.64. The topological polar surface area (TPSA) is 124 Å². The Morgan fingerprint density at radius 2 is 1.69 bits per heavy atom. The molecule has 1 atom stereocenters. The number of carbonyl (C=O) groups is 4. The Morgan fingerprint density at radius 1 is 1.07 bits per heavy atom. The minimum Gasteiger partial charge on any atom is -0.453 e. The van der Waals surface area contributed by atoms with E-state index in [1.807, 2.05) is 6.92 Å². The zero-order valence-electron chi connectivity index (χ0n) is 15.6. The van der Waals surface area contributed by atoms with Crippen LogP contribution in [-0.2, 0) is 9.53 Å². The van der Waals surface area contributed by atoms with E-state index in [9.17, 15) is 29.3 Å². The molecule has 0 aliphatic carbocycles. The lowest BCUT2D eigenvalue weighted by atomic mass is 10.1. The highest BCUT2D eigenvalue weighted by Crippen LogP contribution is 2.26. The summed E-state index contributed by atoms with van der Waals surface area (Å²) >= 11 is 0. The van der Waals surface area contributed by atoms with Gasteiger partial charge in [0.05, 0.1) is 16.1 Å². The van der Waals surface area contributed by atoms with Crippen LogP contribution in [0.15, 0.2) is 42.5 Å². The van der Waals surface area contributed by atoms with Gasteiger partial charge in [-0.15, -0.1) is 0 Å². The average molecular weight is 396 g/mol. The molecule has 0 bridgehead atoms. The number of carbonyl (C=O) groups excluding carboxylic acids is 4. The van der Waals surface area contributed by atoms with Gasteiger partial charge in [-0.2, -0.15) is 0 Å². The van der Waals surface area contributed by atoms with Crippen LogP contribution < -0.4 is 0 Å². The maximum absolute atomic E-state index is 12.4. The number of amides is 2. The number of ketones is 1. The van der Waals surface area contributed by atoms with Crippen molar-refractivity contribution in [3.63, 3.8) is 0 Å². The molecule has 2 aromatic carbocycles. The molecule has 148 valence electrons. The monoisotopic (exact) mass is 396 g/mol. The molecular formula is C20H16N2O7. The van der Waals surface area contributed by atoms with Gasteiger partial charge in [-0.05, 0) is 19.9 Å². The maximum Gasteiger partial charge on any atom is 0.326 e. The summed E-state index contributed by atoms with van der Waals surface area (Å²) in [4.78, 5) is 60.1. The second-order valence-electron chi connectivity index (χ2n) is 6.55. The van der Waals surface area contributed by atoms with E-state index in [0.29, 0.717) is 10.5 Å². The largest absolute Gasteiger partial charge is 0.453 e. The quantitative estimate of drug-likeness (QED) is 0.241. The number of esters is 1. The molecule has 1 aliphatic heterocycles. The number of rotatable bonds is 6. The fourth-order valence-electron chi connectivity index (χ4n) is 2.91. The number of hydrogen-bond donors (Lipinski definition) is 0. The number of fused-ring (bicyclic) bond motifs is 1. The van der Waals surface area contributed by atoms with Gasteiger partial charge in [0, 0.05) is 17.7 Å². The van der Waals surface area contributed by atoms with E-state index in [1.165, 1.54) is 13.0 Å². The molecule has 0 fully saturated rings. The Labute approximate surface area is 165 Å². The van der Waals surface area contributed by atoms with E-state index >= 15 is 0 Å². The summed E-state index contributed by atoms with van der Waals surface area (Å²) in [7, 11) is 0. The number of aryl methyl sites for hydroxylation is 1. The van der Waals surface area contributed by atoms with Gasteiger partial charge in [-0.25, -0.2) is 0 Å². The van der Waals surface area contributed by atoms with Gasteiger partial charge in [0.15, 0.2) is 6.10 Å². The second kappa shape index (κ2) is 7.63. The molecule has 29 heavy (non-hydrogen) atoms. The van der Waals surface area contributed by atoms with Crippen molar-refractivity contribution in [3.8, 4) is 0 Å². The first-order chi connectivity index (χ1) is 13.7. The van der Waals surface area contributed by atoms with Gasteiger partial charge in [0.2, 0.25) is 5.78 Å². The highest BCUT2D eigenvalue weighted by Gasteiger charge is 2.38. The zero-order valence-corrected chi connectivity index (χ0v) is 15.6. The fraction of sp³-hybridized carbons (Fsp3) is 0.200. The third-order valence-electron chi connectivity index (χ3n) is 4.47. The predicted molar refractivity (Wildman–Crippen MR) is 99.5 cm³/mol. The fourth-order valence-corrected chi connectivity index (χ4v) is 2.91. The molecule has 0 unspecified atom stereocenters. The molecule has 1 heterocycles. The lowest BCUT2D eigenvalue weighted by Crippen LogP contribution is -2.37. The van der Waals surface area contributed by atoms with Crippen molar-refractivity contribution in [2.24, 2.45) is 0 Å². The summed E-state index contributed by atoms with van der Waals surface area (Å²) in [5.74, 6) is -2.95. The minimum absolute atomic E-state index is 0.0304. The minimum atomic E-state index is -1.11. The highest BCUT2D eigenvalue weighted by atomic mass is 16.6. The van der Waals surface area contributed by atoms with Crippen LogP contribution in [0.2, 0.25) is 0 Å². The molecule has 0 saturated carbocycles. The lowest BCUT2D eigenvalue weighted by Gasteiger charge is -2.16. The Bertz CT molecular complexity index is 1040. The lowest BCUT2D eigenvalue weighted by molar-refractivity contribution is -0.384. The molecule has 1 aliphatic rings. The molecule has 2 aromatic rings. The van der Waals surface area contributed by atoms with Crippen molar-refractivity contribution < 1.29 is 28.8 Å². The third-order valence-corrected chi connectivity index (χ3v) is 4.47. The van der Waals surface area contributed by atoms with Crippen molar-refractivity contribution in [3.05, 3.63) is 74.8 Å². The molecule has 0 saturated heterocycles. The Kier molecular flexibility index (Phi) is 5.22. The third kappa shape index (κ3) is 3.88. The first kappa shape index (κ1) is 19.9. The van der Waals surface area contributed by atoms with Crippen molar-refractivity contribution in [2.75, 3.05) is 6.54 Å². The van der Waals surface area contributed by atoms with Crippen LogP contribution in [0.25, 0.3) is 0 Å². The van der Waals surface area contributed by atoms with E-state index < -0.39 is 41.1 Å². The summed E-state index contributed by atoms with van der Waals surface area (Å²) in [6.07, 6.45) is -1.11. The molecule has 0 aromatic heterocycles. The SMILES string of the molecule is Cc1ccc(C(=O)[C@@H](C)OC(=O)CN2C(=O)c3ccc([N+](=O)[O-])cc3C2=O)cc1. The van der Waals surface area contributed by atoms with Crippen molar-refractivity contribution in [1.29, 1.82) is 0 Å². The van der Waals surface area contributed by atoms with Gasteiger partial charge in [0.1, 0.15) is 6.54 Å². The number of non-ortho nitro benzene ring substituents is 1. The van der Waals surface area contributed by atoms with Crippen molar-refractivity contribution >= 4 is 29.3 Å². The summed E-state index contributed by atoms with van der Waals surface area (Å²) < 4.78 is 5.07. The number of imide groups is 1. The van der Waals surface area contributed by atoms with Crippen LogP contribution in [0, 0.1) is 17.0 Å². The Balaban J connectivity index is 1.68. The van der Waals surface area contributed by atoms with Crippen molar-refractivity contribution in [1.82, 2.24) is 4.90 Å². The van der Waals surface area contributed by atoms with E-state index in [2.05, 4.69) is 0 Å². The van der Waals surface area contributed by atoms with Crippen LogP contribution in [0.5, 0.6) is 0 Å². The molecule has 2 amide bonds. The van der Waals surface area contributed by atoms with Gasteiger partial charge in [-0.1, -0.05) is 29.8 Å². The summed E-state index contributed by atoms with van der Waals surface area (Å²) in [5, 5.41) is 10.9. The first-order valence-corrected chi connectivity index (χ1v) is 8.64. The van der Waals surface area contributed by atoms with Gasteiger partial charge in [-0.3, -0.25) is 34.2 Å². The van der Waals surface area contributed by atoms with Crippen molar-refractivity contribution in [2.45, 2.75) is 20.0 Å². The average Bonchev–Trinajstić information content (AvgIpc) is 2.92. The molecule has 0 spiro atoms. The van der Waals surface area contributed by atoms with Crippen LogP contribution in [0.3, 0.4) is 0 Å². The summed E-state index contributed by atoms with van der Waals surface area (Å²) in [5.41, 5.74) is 0.811. The standard InChI is InChI=1S/C20H16N2O7/c1-11-3-5-13(6-4-11)18(24)12(2)29-17(23)10-21-19(25)15-8-7-14(22(27)28)9-16(15)20(21)26/h3-9,12H,10H2,1-2H3/t12-/m1/s1. The van der Waals surface area contributed by atoms with Crippen LogP contribution in [0.1, 0.15) is 43.6 Å². The molecule has 9 nitrogen and oxygen atoms in total. The zero-order chi connectivity index (χ0) is 21.3. The van der Waals surface area contributed by atoms with Gasteiger partial charge in [0.25, 0.3) is 17.5 Å². The number of benzene rings is 2. The summed E-state index contributed by atoms with van der Waals surface area (Å²) in [6, 6.07) is 9.98. The molecular weight excluding hydrogens is 380 g/mol. The number of nitrogens with zero attached hydrogens (tertiary/aromatic N) is 2. The Morgan fingerprint density at radius 3 is 2.31 bits per heavy atom. The summed E-state index contributed by atoms with van der Waals surface area (Å²) in [6.45, 7) is 2.56. The van der Waals surface area contributed by atoms with E-state index in [0.717, 1.165) is 17.7 Å². The molecule has 9 heteroatoms. The molecule has 0 N–H and O–H groups in total. The van der Waals surface area contributed by atoms with Crippen LogP contribution in [0.4, 0.5) is 5.69 Å². The maximum atomic E-state index is 12.4. The molecule has 0 radical (unpaired) electrons. The van der Waals surface area contributed by atoms with Gasteiger partial charge >= 0.3 is 5.97 Å². The highest BCUT2D eigenvalue weighted by molar-refractivity contribution is 6.22. The second-order valence-corrected chi connectivity index (χ2v) is 6.55. The van der Waals surface area contributed by atoms with E-state index in [4.69, 9.17) is 4.74 Å². The predicted octanol–water partition coefficient (Wildman–Crippen LogP) is 2.31. The number of ether oxygens (including phenoxy) is 1. The number of hydrogen-bond acceptors (Lipinski definition) is 7. The smallest absolute Gasteiger partial charge is 0.326 e. The Hall–Kier alpha value is -3.88. The van der Waals surface area contributed by atoms with Gasteiger partial charge < -0.3 is 4.74 Å². The van der Waals surface area contributed by atoms with Crippen LogP contribution in [-0.4, -0.2) is 46.0 Å².